The zero-order chi connectivity index (χ0) is 30.1. The van der Waals surface area contributed by atoms with Crippen molar-refractivity contribution in [3.05, 3.63) is 89.2 Å². The number of benzene rings is 3. The van der Waals surface area contributed by atoms with Gasteiger partial charge in [-0.3, -0.25) is 14.4 Å². The molecular formula is C31H26ClN5O6. The first-order chi connectivity index (χ1) is 20.7. The van der Waals surface area contributed by atoms with Gasteiger partial charge in [0.05, 0.1) is 23.6 Å². The average Bonchev–Trinajstić information content (AvgIpc) is 3.52. The fraction of sp³-hybridized carbons (Fsp3) is 0.194. The summed E-state index contributed by atoms with van der Waals surface area (Å²) in [5, 5.41) is 20.3. The minimum Gasteiger partial charge on any atom is -0.485 e. The Morgan fingerprint density at radius 2 is 1.91 bits per heavy atom. The van der Waals surface area contributed by atoms with Crippen LogP contribution in [0.25, 0.3) is 21.7 Å². The lowest BCUT2D eigenvalue weighted by atomic mass is 10.1. The number of Topliss-reactive ketones (excluding diaryl/α,β-unsaturated/α-hetero) is 1. The fourth-order valence-corrected chi connectivity index (χ4v) is 5.36. The number of ketones is 1. The quantitative estimate of drug-likeness (QED) is 0.229. The Balaban J connectivity index is 1.29. The molecule has 11 nitrogen and oxygen atoms in total. The summed E-state index contributed by atoms with van der Waals surface area (Å²) < 4.78 is 13.6. The monoisotopic (exact) mass is 599 g/mol. The SMILES string of the molecule is NC(=O)c1cc2cc(Cl)ccc2cc1OCC(=O)c1cn(CCN2CC(O)CC2=O)c2cc(Oc3cccnn3)ccc12. The van der Waals surface area contributed by atoms with E-state index in [1.807, 2.05) is 4.57 Å². The Hall–Kier alpha value is -5.00. The predicted octanol–water partition coefficient (Wildman–Crippen LogP) is 3.98. The standard InChI is InChI=1S/C31H26ClN5O6/c32-20-4-3-18-12-28(24(31(33)41)11-19(18)10-20)42-17-27(39)25-16-36(8-9-37-15-21(38)13-30(37)40)26-14-22(5-6-23(25)26)43-29-2-1-7-34-35-29/h1-7,10-12,14,16,21,38H,8-9,13,15,17H2,(H2,33,41). The molecule has 2 aromatic heterocycles. The number of β-amino-alcohol motifs (C(OH)–C–C–N with tert-alkyl or cyclic N) is 1. The van der Waals surface area contributed by atoms with Crippen LogP contribution >= 0.6 is 11.6 Å². The molecule has 3 heterocycles. The Morgan fingerprint density at radius 3 is 2.65 bits per heavy atom. The smallest absolute Gasteiger partial charge is 0.252 e. The van der Waals surface area contributed by atoms with Gasteiger partial charge in [0.25, 0.3) is 5.91 Å². The lowest BCUT2D eigenvalue weighted by Gasteiger charge is -2.16. The highest BCUT2D eigenvalue weighted by molar-refractivity contribution is 6.31. The van der Waals surface area contributed by atoms with Gasteiger partial charge in [-0.1, -0.05) is 17.7 Å². The van der Waals surface area contributed by atoms with Crippen LogP contribution in [0.5, 0.6) is 17.4 Å². The summed E-state index contributed by atoms with van der Waals surface area (Å²) >= 11 is 6.10. The third-order valence-corrected chi connectivity index (χ3v) is 7.49. The third kappa shape index (κ3) is 5.99. The van der Waals surface area contributed by atoms with Gasteiger partial charge in [-0.05, 0) is 53.2 Å². The van der Waals surface area contributed by atoms with Crippen molar-refractivity contribution in [2.45, 2.75) is 19.1 Å². The van der Waals surface area contributed by atoms with Crippen molar-refractivity contribution >= 4 is 50.9 Å². The van der Waals surface area contributed by atoms with Crippen LogP contribution in [0.1, 0.15) is 27.1 Å². The minimum absolute atomic E-state index is 0.0959. The summed E-state index contributed by atoms with van der Waals surface area (Å²) in [5.74, 6) is -0.168. The Morgan fingerprint density at radius 1 is 1.05 bits per heavy atom. The number of nitrogens with two attached hydrogens (primary N) is 1. The van der Waals surface area contributed by atoms with Crippen molar-refractivity contribution in [3.8, 4) is 17.4 Å². The Bertz CT molecular complexity index is 1880. The maximum atomic E-state index is 13.5. The Kier molecular flexibility index (Phi) is 7.66. The maximum Gasteiger partial charge on any atom is 0.252 e. The third-order valence-electron chi connectivity index (χ3n) is 7.25. The van der Waals surface area contributed by atoms with E-state index in [1.165, 1.54) is 6.20 Å². The summed E-state index contributed by atoms with van der Waals surface area (Å²) in [5.41, 5.74) is 6.82. The van der Waals surface area contributed by atoms with Crippen LogP contribution in [0.4, 0.5) is 0 Å². The molecule has 43 heavy (non-hydrogen) atoms. The second-order valence-electron chi connectivity index (χ2n) is 10.2. The summed E-state index contributed by atoms with van der Waals surface area (Å²) in [6.07, 6.45) is 2.65. The molecule has 3 N–H and O–H groups in total. The number of nitrogens with zero attached hydrogens (tertiary/aromatic N) is 4. The van der Waals surface area contributed by atoms with Gasteiger partial charge >= 0.3 is 0 Å². The van der Waals surface area contributed by atoms with Crippen LogP contribution in [0.3, 0.4) is 0 Å². The van der Waals surface area contributed by atoms with E-state index >= 15 is 0 Å². The number of aliphatic hydroxyl groups excluding tert-OH is 1. The van der Waals surface area contributed by atoms with E-state index in [4.69, 9.17) is 26.8 Å². The number of fused-ring (bicyclic) bond motifs is 2. The number of likely N-dealkylation sites (tertiary alicyclic amines) is 1. The van der Waals surface area contributed by atoms with Gasteiger partial charge < -0.3 is 29.8 Å². The van der Waals surface area contributed by atoms with Crippen molar-refractivity contribution in [2.75, 3.05) is 19.7 Å². The number of hydrogen-bond donors (Lipinski definition) is 2. The number of carbonyl (C=O) groups excluding carboxylic acids is 3. The summed E-state index contributed by atoms with van der Waals surface area (Å²) in [4.78, 5) is 39.6. The van der Waals surface area contributed by atoms with Crippen molar-refractivity contribution in [2.24, 2.45) is 5.73 Å². The lowest BCUT2D eigenvalue weighted by Crippen LogP contribution is -2.29. The number of amides is 2. The zero-order valence-corrected chi connectivity index (χ0v) is 23.5. The van der Waals surface area contributed by atoms with E-state index in [2.05, 4.69) is 10.2 Å². The maximum absolute atomic E-state index is 13.5. The average molecular weight is 600 g/mol. The second-order valence-corrected chi connectivity index (χ2v) is 10.6. The molecule has 2 amide bonds. The number of primary amides is 1. The molecule has 1 fully saturated rings. The first-order valence-corrected chi connectivity index (χ1v) is 13.9. The van der Waals surface area contributed by atoms with Crippen LogP contribution in [0, 0.1) is 0 Å². The van der Waals surface area contributed by atoms with E-state index in [-0.39, 0.29) is 42.6 Å². The molecule has 3 aromatic carbocycles. The predicted molar refractivity (Wildman–Crippen MR) is 159 cm³/mol. The summed E-state index contributed by atoms with van der Waals surface area (Å²) in [7, 11) is 0. The van der Waals surface area contributed by atoms with Crippen LogP contribution in [0.15, 0.2) is 73.1 Å². The first-order valence-electron chi connectivity index (χ1n) is 13.5. The molecule has 0 aliphatic carbocycles. The van der Waals surface area contributed by atoms with Crippen molar-refractivity contribution in [3.63, 3.8) is 0 Å². The van der Waals surface area contributed by atoms with Gasteiger partial charge in [0.15, 0.2) is 6.61 Å². The molecule has 1 saturated heterocycles. The lowest BCUT2D eigenvalue weighted by molar-refractivity contribution is -0.127. The molecule has 1 aliphatic rings. The van der Waals surface area contributed by atoms with E-state index in [9.17, 15) is 19.5 Å². The number of rotatable bonds is 10. The van der Waals surface area contributed by atoms with Gasteiger partial charge in [-0.25, -0.2) is 0 Å². The number of ether oxygens (including phenoxy) is 2. The van der Waals surface area contributed by atoms with Crippen LogP contribution in [0.2, 0.25) is 5.02 Å². The van der Waals surface area contributed by atoms with Crippen molar-refractivity contribution < 1.29 is 29.0 Å². The van der Waals surface area contributed by atoms with Crippen LogP contribution in [-0.2, 0) is 11.3 Å². The van der Waals surface area contributed by atoms with Crippen LogP contribution < -0.4 is 15.2 Å². The van der Waals surface area contributed by atoms with Gasteiger partial charge in [-0.2, -0.15) is 5.10 Å². The molecule has 1 unspecified atom stereocenters. The topological polar surface area (TPSA) is 150 Å². The normalized spacial score (nSPS) is 14.9. The van der Waals surface area contributed by atoms with Gasteiger partial charge in [-0.15, -0.1) is 5.10 Å². The summed E-state index contributed by atoms with van der Waals surface area (Å²) in [6, 6.07) is 17.1. The molecule has 1 atom stereocenters. The van der Waals surface area contributed by atoms with E-state index in [1.54, 1.807) is 71.8 Å². The van der Waals surface area contributed by atoms with Crippen molar-refractivity contribution in [1.82, 2.24) is 19.7 Å². The van der Waals surface area contributed by atoms with E-state index in [0.29, 0.717) is 51.6 Å². The number of aliphatic hydroxyl groups is 1. The molecule has 0 spiro atoms. The number of hydrogen-bond acceptors (Lipinski definition) is 8. The van der Waals surface area contributed by atoms with E-state index in [0.717, 1.165) is 5.39 Å². The summed E-state index contributed by atoms with van der Waals surface area (Å²) in [6.45, 7) is 0.630. The highest BCUT2D eigenvalue weighted by atomic mass is 35.5. The fourth-order valence-electron chi connectivity index (χ4n) is 5.18. The highest BCUT2D eigenvalue weighted by Gasteiger charge is 2.28. The van der Waals surface area contributed by atoms with Crippen LogP contribution in [-0.4, -0.2) is 68.2 Å². The largest absolute Gasteiger partial charge is 0.485 e. The molecule has 12 heteroatoms. The molecule has 5 aromatic rings. The van der Waals surface area contributed by atoms with Gasteiger partial charge in [0.1, 0.15) is 11.5 Å². The number of carbonyl (C=O) groups is 3. The number of halogens is 1. The number of aromatic nitrogens is 3. The molecule has 218 valence electrons. The molecule has 0 saturated carbocycles. The van der Waals surface area contributed by atoms with Gasteiger partial charge in [0, 0.05) is 60.1 Å². The highest BCUT2D eigenvalue weighted by Crippen LogP contribution is 2.31. The first kappa shape index (κ1) is 28.1. The molecule has 0 bridgehead atoms. The Labute approximate surface area is 250 Å². The molecule has 1 aliphatic heterocycles. The zero-order valence-electron chi connectivity index (χ0n) is 22.8. The second kappa shape index (κ2) is 11.7. The van der Waals surface area contributed by atoms with Gasteiger partial charge in [0.2, 0.25) is 17.6 Å². The minimum atomic E-state index is -0.696. The van der Waals surface area contributed by atoms with Crippen molar-refractivity contribution in [1.29, 1.82) is 0 Å². The molecule has 6 rings (SSSR count). The van der Waals surface area contributed by atoms with E-state index < -0.39 is 12.0 Å². The molecular weight excluding hydrogens is 574 g/mol. The molecule has 0 radical (unpaired) electrons.